The highest BCUT2D eigenvalue weighted by molar-refractivity contribution is 5.94. The highest BCUT2D eigenvalue weighted by atomic mass is 16.2. The van der Waals surface area contributed by atoms with E-state index in [2.05, 4.69) is 5.32 Å². The topological polar surface area (TPSA) is 64.0 Å². The van der Waals surface area contributed by atoms with Crippen molar-refractivity contribution in [3.05, 3.63) is 70.3 Å². The zero-order valence-electron chi connectivity index (χ0n) is 17.1. The van der Waals surface area contributed by atoms with Gasteiger partial charge in [-0.1, -0.05) is 49.6 Å². The molecule has 5 heteroatoms. The summed E-state index contributed by atoms with van der Waals surface area (Å²) in [6.45, 7) is 0.521. The van der Waals surface area contributed by atoms with Crippen molar-refractivity contribution >= 4 is 22.5 Å². The predicted molar refractivity (Wildman–Crippen MR) is 119 cm³/mol. The monoisotopic (exact) mass is 401 g/mol. The van der Waals surface area contributed by atoms with Gasteiger partial charge in [-0.2, -0.15) is 0 Å². The Hall–Kier alpha value is -2.95. The van der Waals surface area contributed by atoms with Crippen molar-refractivity contribution in [3.63, 3.8) is 0 Å². The molecule has 0 saturated heterocycles. The number of benzene rings is 2. The fourth-order valence-corrected chi connectivity index (χ4v) is 4.50. The maximum atomic E-state index is 13.4. The lowest BCUT2D eigenvalue weighted by Gasteiger charge is -2.21. The second kappa shape index (κ2) is 8.05. The molecule has 2 aliphatic rings. The van der Waals surface area contributed by atoms with Gasteiger partial charge in [0.25, 0.3) is 5.56 Å². The number of nitrogens with one attached hydrogen (secondary N) is 1. The molecule has 1 amide bonds. The molecule has 2 aromatic carbocycles. The molecular weight excluding hydrogens is 374 g/mol. The van der Waals surface area contributed by atoms with Crippen LogP contribution in [0.3, 0.4) is 0 Å². The van der Waals surface area contributed by atoms with Crippen molar-refractivity contribution in [3.8, 4) is 0 Å². The van der Waals surface area contributed by atoms with Gasteiger partial charge in [-0.3, -0.25) is 14.2 Å². The van der Waals surface area contributed by atoms with Gasteiger partial charge in [0.15, 0.2) is 0 Å². The Morgan fingerprint density at radius 1 is 1.00 bits per heavy atom. The van der Waals surface area contributed by atoms with Gasteiger partial charge >= 0.3 is 0 Å². The molecule has 5 nitrogen and oxygen atoms in total. The Bertz CT molecular complexity index is 1130. The molecular formula is C25H27N3O2. The number of aromatic nitrogens is 2. The molecule has 0 atom stereocenters. The summed E-state index contributed by atoms with van der Waals surface area (Å²) in [5.74, 6) is 1.41. The van der Waals surface area contributed by atoms with Crippen LogP contribution in [0.25, 0.3) is 10.9 Å². The zero-order chi connectivity index (χ0) is 20.5. The van der Waals surface area contributed by atoms with Crippen LogP contribution < -0.4 is 10.9 Å². The number of carbonyl (C=O) groups is 1. The maximum Gasteiger partial charge on any atom is 0.261 e. The number of amides is 1. The van der Waals surface area contributed by atoms with Crippen molar-refractivity contribution in [2.24, 2.45) is 5.92 Å². The van der Waals surface area contributed by atoms with Crippen LogP contribution in [0.15, 0.2) is 53.3 Å². The number of hydrogen-bond acceptors (Lipinski definition) is 3. The van der Waals surface area contributed by atoms with Crippen molar-refractivity contribution in [2.75, 3.05) is 5.32 Å². The van der Waals surface area contributed by atoms with E-state index < -0.39 is 0 Å². The molecule has 2 saturated carbocycles. The van der Waals surface area contributed by atoms with Gasteiger partial charge in [0.2, 0.25) is 5.91 Å². The lowest BCUT2D eigenvalue weighted by Crippen LogP contribution is -2.26. The molecule has 1 N–H and O–H groups in total. The van der Waals surface area contributed by atoms with E-state index in [1.54, 1.807) is 6.07 Å². The average Bonchev–Trinajstić information content (AvgIpc) is 3.62. The second-order valence-electron chi connectivity index (χ2n) is 8.68. The number of fused-ring (bicyclic) bond motifs is 1. The largest absolute Gasteiger partial charge is 0.326 e. The normalized spacial score (nSPS) is 17.2. The van der Waals surface area contributed by atoms with Crippen LogP contribution in [-0.4, -0.2) is 15.5 Å². The number of nitrogens with zero attached hydrogens (tertiary/aromatic N) is 2. The summed E-state index contributed by atoms with van der Waals surface area (Å²) < 4.78 is 1.82. The van der Waals surface area contributed by atoms with Crippen LogP contribution in [0.2, 0.25) is 0 Å². The summed E-state index contributed by atoms with van der Waals surface area (Å²) in [5, 5.41) is 3.60. The fourth-order valence-electron chi connectivity index (χ4n) is 4.50. The second-order valence-corrected chi connectivity index (χ2v) is 8.68. The minimum Gasteiger partial charge on any atom is -0.326 e. The van der Waals surface area contributed by atoms with Crippen LogP contribution in [0.5, 0.6) is 0 Å². The van der Waals surface area contributed by atoms with E-state index in [1.807, 2.05) is 47.0 Å². The van der Waals surface area contributed by atoms with E-state index in [4.69, 9.17) is 4.98 Å². The van der Waals surface area contributed by atoms with Crippen LogP contribution in [0.4, 0.5) is 5.69 Å². The fraction of sp³-hybridized carbons (Fsp3) is 0.400. The quantitative estimate of drug-likeness (QED) is 0.665. The Balaban J connectivity index is 1.49. The smallest absolute Gasteiger partial charge is 0.261 e. The average molecular weight is 402 g/mol. The molecule has 2 fully saturated rings. The predicted octanol–water partition coefficient (Wildman–Crippen LogP) is 4.84. The molecule has 0 aliphatic heterocycles. The summed E-state index contributed by atoms with van der Waals surface area (Å²) in [4.78, 5) is 30.9. The molecule has 154 valence electrons. The van der Waals surface area contributed by atoms with Crippen LogP contribution in [0, 0.1) is 5.92 Å². The Kier molecular flexibility index (Phi) is 5.11. The molecule has 5 rings (SSSR count). The van der Waals surface area contributed by atoms with E-state index in [0.29, 0.717) is 29.1 Å². The highest BCUT2D eigenvalue weighted by Crippen LogP contribution is 2.39. The van der Waals surface area contributed by atoms with E-state index in [-0.39, 0.29) is 17.4 Å². The molecule has 0 bridgehead atoms. The molecule has 0 spiro atoms. The summed E-state index contributed by atoms with van der Waals surface area (Å²) in [6.07, 6.45) is 7.53. The third kappa shape index (κ3) is 3.89. The van der Waals surface area contributed by atoms with Crippen molar-refractivity contribution in [2.45, 2.75) is 57.4 Å². The summed E-state index contributed by atoms with van der Waals surface area (Å²) in [6, 6.07) is 15.6. The maximum absolute atomic E-state index is 13.4. The molecule has 0 radical (unpaired) electrons. The zero-order valence-corrected chi connectivity index (χ0v) is 17.1. The first-order valence-corrected chi connectivity index (χ1v) is 11.1. The molecule has 1 heterocycles. The van der Waals surface area contributed by atoms with Gasteiger partial charge in [-0.15, -0.1) is 0 Å². The molecule has 0 unspecified atom stereocenters. The van der Waals surface area contributed by atoms with Gasteiger partial charge in [0, 0.05) is 17.5 Å². The first kappa shape index (κ1) is 19.0. The highest BCUT2D eigenvalue weighted by Gasteiger charge is 2.29. The Morgan fingerprint density at radius 3 is 2.50 bits per heavy atom. The standard InChI is InChI=1S/C25H27N3O2/c29-24(19-9-5-2-6-10-19)26-20-13-14-22-21(15-20)25(30)28(23(27-22)18-11-12-18)16-17-7-3-1-4-8-17/h1,3-4,7-8,13-15,18-19H,2,5-6,9-12,16H2,(H,26,29). The van der Waals surface area contributed by atoms with Crippen LogP contribution in [0.1, 0.15) is 62.3 Å². The lowest BCUT2D eigenvalue weighted by atomic mass is 9.88. The number of anilines is 1. The summed E-state index contributed by atoms with van der Waals surface area (Å²) >= 11 is 0. The van der Waals surface area contributed by atoms with Gasteiger partial charge in [-0.05, 0) is 49.4 Å². The Morgan fingerprint density at radius 2 is 1.77 bits per heavy atom. The number of carbonyl (C=O) groups excluding carboxylic acids is 1. The first-order valence-electron chi connectivity index (χ1n) is 11.1. The minimum atomic E-state index is -0.0282. The van der Waals surface area contributed by atoms with E-state index >= 15 is 0 Å². The van der Waals surface area contributed by atoms with Crippen molar-refractivity contribution in [1.29, 1.82) is 0 Å². The summed E-state index contributed by atoms with van der Waals surface area (Å²) in [5.41, 5.74) is 2.45. The van der Waals surface area contributed by atoms with E-state index in [0.717, 1.165) is 49.9 Å². The van der Waals surface area contributed by atoms with Gasteiger partial charge in [-0.25, -0.2) is 4.98 Å². The van der Waals surface area contributed by atoms with Crippen molar-refractivity contribution in [1.82, 2.24) is 9.55 Å². The third-order valence-corrected chi connectivity index (χ3v) is 6.35. The molecule has 2 aliphatic carbocycles. The molecule has 1 aromatic heterocycles. The Labute approximate surface area is 176 Å². The number of rotatable bonds is 5. The minimum absolute atomic E-state index is 0.0282. The molecule has 30 heavy (non-hydrogen) atoms. The number of hydrogen-bond donors (Lipinski definition) is 1. The van der Waals surface area contributed by atoms with Gasteiger partial charge in [0.1, 0.15) is 5.82 Å². The van der Waals surface area contributed by atoms with Gasteiger partial charge in [0.05, 0.1) is 17.4 Å². The van der Waals surface area contributed by atoms with Crippen LogP contribution in [-0.2, 0) is 11.3 Å². The van der Waals surface area contributed by atoms with E-state index in [9.17, 15) is 9.59 Å². The van der Waals surface area contributed by atoms with E-state index in [1.165, 1.54) is 6.42 Å². The van der Waals surface area contributed by atoms with Gasteiger partial charge < -0.3 is 5.32 Å². The molecule has 3 aromatic rings. The lowest BCUT2D eigenvalue weighted by molar-refractivity contribution is -0.120. The summed E-state index contributed by atoms with van der Waals surface area (Å²) in [7, 11) is 0. The van der Waals surface area contributed by atoms with Crippen LogP contribution >= 0.6 is 0 Å². The SMILES string of the molecule is O=C(Nc1ccc2nc(C3CC3)n(Cc3ccccc3)c(=O)c2c1)C1CCCCC1. The van der Waals surface area contributed by atoms with Crippen molar-refractivity contribution < 1.29 is 4.79 Å². The third-order valence-electron chi connectivity index (χ3n) is 6.35. The first-order chi connectivity index (χ1) is 14.7.